The van der Waals surface area contributed by atoms with Gasteiger partial charge in [0.05, 0.1) is 5.57 Å². The number of carbonyl (C=O) groups is 1. The van der Waals surface area contributed by atoms with Gasteiger partial charge in [0.25, 0.3) is 0 Å². The molecule has 1 aliphatic heterocycles. The fourth-order valence-corrected chi connectivity index (χ4v) is 3.94. The molecule has 0 aromatic rings. The number of aliphatic hydroxyl groups is 1. The van der Waals surface area contributed by atoms with Gasteiger partial charge in [0.1, 0.15) is 12.2 Å². The maximum absolute atomic E-state index is 12.2. The topological polar surface area (TPSA) is 46.5 Å². The number of hydrogen-bond donors (Lipinski definition) is 1. The van der Waals surface area contributed by atoms with Crippen molar-refractivity contribution in [1.82, 2.24) is 0 Å². The molecule has 1 saturated carbocycles. The van der Waals surface area contributed by atoms with Crippen molar-refractivity contribution in [1.29, 1.82) is 0 Å². The summed E-state index contributed by atoms with van der Waals surface area (Å²) < 4.78 is 5.35. The van der Waals surface area contributed by atoms with Crippen molar-refractivity contribution in [2.75, 3.05) is 0 Å². The molecule has 0 spiro atoms. The highest BCUT2D eigenvalue weighted by Gasteiger charge is 2.39. The van der Waals surface area contributed by atoms with Gasteiger partial charge in [-0.2, -0.15) is 0 Å². The van der Waals surface area contributed by atoms with Gasteiger partial charge in [0.15, 0.2) is 0 Å². The van der Waals surface area contributed by atoms with Gasteiger partial charge in [-0.05, 0) is 25.7 Å². The minimum atomic E-state index is -0.772. The Morgan fingerprint density at radius 1 is 1.12 bits per heavy atom. The molecule has 3 heteroatoms. The summed E-state index contributed by atoms with van der Waals surface area (Å²) in [5.74, 6) is -0.322. The van der Waals surface area contributed by atoms with Crippen molar-refractivity contribution >= 4 is 5.97 Å². The lowest BCUT2D eigenvalue weighted by molar-refractivity contribution is -0.139. The molecule has 2 aliphatic rings. The van der Waals surface area contributed by atoms with E-state index < -0.39 is 6.10 Å². The van der Waals surface area contributed by atoms with Crippen LogP contribution in [0.2, 0.25) is 0 Å². The minimum Gasteiger partial charge on any atom is -0.456 e. The summed E-state index contributed by atoms with van der Waals surface area (Å²) in [6, 6.07) is 0. The van der Waals surface area contributed by atoms with Gasteiger partial charge in [-0.25, -0.2) is 4.79 Å². The molecule has 1 N–H and O–H groups in total. The summed E-state index contributed by atoms with van der Waals surface area (Å²) in [5, 5.41) is 10.5. The molecule has 2 fully saturated rings. The molecule has 1 aliphatic carbocycles. The van der Waals surface area contributed by atoms with Crippen molar-refractivity contribution in [2.24, 2.45) is 5.41 Å². The molecule has 0 radical (unpaired) electrons. The van der Waals surface area contributed by atoms with E-state index in [2.05, 4.69) is 25.2 Å². The van der Waals surface area contributed by atoms with Crippen LogP contribution in [0.1, 0.15) is 84.5 Å². The first-order valence-electron chi connectivity index (χ1n) is 9.91. The fraction of sp³-hybridized carbons (Fsp3) is 0.762. The van der Waals surface area contributed by atoms with Crippen molar-refractivity contribution in [2.45, 2.75) is 96.7 Å². The molecule has 136 valence electrons. The van der Waals surface area contributed by atoms with Crippen LogP contribution in [-0.2, 0) is 9.53 Å². The third-order valence-electron chi connectivity index (χ3n) is 5.45. The van der Waals surface area contributed by atoms with Gasteiger partial charge in [-0.15, -0.1) is 0 Å². The summed E-state index contributed by atoms with van der Waals surface area (Å²) in [7, 11) is 0. The highest BCUT2D eigenvalue weighted by Crippen LogP contribution is 2.39. The molecular formula is C21H34O3. The Hall–Kier alpha value is -1.09. The molecule has 0 amide bonds. The lowest BCUT2D eigenvalue weighted by Crippen LogP contribution is -2.23. The van der Waals surface area contributed by atoms with E-state index in [1.807, 2.05) is 6.92 Å². The smallest absolute Gasteiger partial charge is 0.336 e. The zero-order valence-electron chi connectivity index (χ0n) is 15.4. The third kappa shape index (κ3) is 4.95. The molecule has 0 aromatic heterocycles. The van der Waals surface area contributed by atoms with Crippen LogP contribution in [0.5, 0.6) is 0 Å². The van der Waals surface area contributed by atoms with Gasteiger partial charge in [-0.1, -0.05) is 77.0 Å². The predicted octanol–water partition coefficient (Wildman–Crippen LogP) is 5.09. The first-order valence-corrected chi connectivity index (χ1v) is 9.91. The summed E-state index contributed by atoms with van der Waals surface area (Å²) >= 11 is 0. The quantitative estimate of drug-likeness (QED) is 0.433. The summed E-state index contributed by atoms with van der Waals surface area (Å²) in [5.41, 5.74) is 0.388. The standard InChI is InChI=1S/C21H34O3/c1-3-5-10-13-21(14-11-8-6-7-9-12-15-21)16-17-19(22)18(4-2)24-20(17)23/h10,13,16,18-19,22H,3-9,11-12,14-15H2,1-2H3. The molecule has 0 aromatic carbocycles. The largest absolute Gasteiger partial charge is 0.456 e. The second-order valence-corrected chi connectivity index (χ2v) is 7.44. The number of ether oxygens (including phenoxy) is 1. The van der Waals surface area contributed by atoms with E-state index in [0.29, 0.717) is 12.0 Å². The van der Waals surface area contributed by atoms with Crippen LogP contribution < -0.4 is 0 Å². The van der Waals surface area contributed by atoms with Crippen LogP contribution in [0.4, 0.5) is 0 Å². The van der Waals surface area contributed by atoms with E-state index in [0.717, 1.165) is 25.7 Å². The molecule has 2 unspecified atom stereocenters. The van der Waals surface area contributed by atoms with Crippen molar-refractivity contribution in [3.8, 4) is 0 Å². The predicted molar refractivity (Wildman–Crippen MR) is 97.7 cm³/mol. The number of aliphatic hydroxyl groups excluding tert-OH is 1. The van der Waals surface area contributed by atoms with E-state index in [9.17, 15) is 9.90 Å². The van der Waals surface area contributed by atoms with E-state index in [1.165, 1.54) is 38.5 Å². The second kappa shape index (κ2) is 9.41. The first-order chi connectivity index (χ1) is 11.6. The van der Waals surface area contributed by atoms with Crippen LogP contribution in [0.25, 0.3) is 0 Å². The highest BCUT2D eigenvalue weighted by molar-refractivity contribution is 5.92. The van der Waals surface area contributed by atoms with E-state index >= 15 is 0 Å². The minimum absolute atomic E-state index is 0.0997. The van der Waals surface area contributed by atoms with E-state index in [1.54, 1.807) is 0 Å². The molecule has 24 heavy (non-hydrogen) atoms. The summed E-state index contributed by atoms with van der Waals surface area (Å²) in [6.07, 6.45) is 18.0. The number of hydrogen-bond acceptors (Lipinski definition) is 3. The summed E-state index contributed by atoms with van der Waals surface area (Å²) in [4.78, 5) is 12.2. The van der Waals surface area contributed by atoms with Gasteiger partial charge in [0.2, 0.25) is 0 Å². The Morgan fingerprint density at radius 3 is 2.29 bits per heavy atom. The Bertz CT molecular complexity index is 454. The average molecular weight is 335 g/mol. The van der Waals surface area contributed by atoms with Gasteiger partial charge >= 0.3 is 5.97 Å². The maximum Gasteiger partial charge on any atom is 0.336 e. The fourth-order valence-electron chi connectivity index (χ4n) is 3.94. The van der Waals surface area contributed by atoms with Crippen molar-refractivity contribution < 1.29 is 14.6 Å². The lowest BCUT2D eigenvalue weighted by atomic mass is 9.76. The molecule has 1 saturated heterocycles. The van der Waals surface area contributed by atoms with E-state index in [4.69, 9.17) is 4.74 Å². The number of carbonyl (C=O) groups excluding carboxylic acids is 1. The Balaban J connectivity index is 2.29. The van der Waals surface area contributed by atoms with E-state index in [-0.39, 0.29) is 17.5 Å². The van der Waals surface area contributed by atoms with Gasteiger partial charge in [0, 0.05) is 5.41 Å². The maximum atomic E-state index is 12.2. The molecule has 2 atom stereocenters. The molecule has 3 nitrogen and oxygen atoms in total. The normalized spacial score (nSPS) is 30.1. The van der Waals surface area contributed by atoms with Crippen LogP contribution in [0, 0.1) is 5.41 Å². The number of unbranched alkanes of at least 4 members (excludes halogenated alkanes) is 1. The zero-order chi connectivity index (χ0) is 17.4. The Morgan fingerprint density at radius 2 is 1.75 bits per heavy atom. The van der Waals surface area contributed by atoms with Crippen molar-refractivity contribution in [3.63, 3.8) is 0 Å². The monoisotopic (exact) mass is 334 g/mol. The Labute approximate surface area is 147 Å². The van der Waals surface area contributed by atoms with Crippen LogP contribution in [0.15, 0.2) is 23.8 Å². The van der Waals surface area contributed by atoms with Crippen LogP contribution in [-0.4, -0.2) is 23.3 Å². The second-order valence-electron chi connectivity index (χ2n) is 7.44. The molecule has 0 bridgehead atoms. The molecular weight excluding hydrogens is 300 g/mol. The Kier molecular flexibility index (Phi) is 7.54. The molecule has 2 rings (SSSR count). The SMILES string of the molecule is CCCC=CC1(C=C2C(=O)OC(CC)C2O)CCCCCCCC1. The third-order valence-corrected chi connectivity index (χ3v) is 5.45. The zero-order valence-corrected chi connectivity index (χ0v) is 15.4. The summed E-state index contributed by atoms with van der Waals surface area (Å²) in [6.45, 7) is 4.13. The number of cyclic esters (lactones) is 1. The van der Waals surface area contributed by atoms with Gasteiger partial charge in [-0.3, -0.25) is 0 Å². The average Bonchev–Trinajstić information content (AvgIpc) is 2.90. The number of esters is 1. The van der Waals surface area contributed by atoms with Crippen LogP contribution >= 0.6 is 0 Å². The van der Waals surface area contributed by atoms with Gasteiger partial charge < -0.3 is 9.84 Å². The van der Waals surface area contributed by atoms with Crippen LogP contribution in [0.3, 0.4) is 0 Å². The molecule has 1 heterocycles. The lowest BCUT2D eigenvalue weighted by Gasteiger charge is -2.28. The van der Waals surface area contributed by atoms with Crippen molar-refractivity contribution in [3.05, 3.63) is 23.8 Å². The first kappa shape index (κ1) is 19.2. The highest BCUT2D eigenvalue weighted by atomic mass is 16.6. The number of rotatable bonds is 5. The number of allylic oxidation sites excluding steroid dienone is 3.